The molecule has 3 aromatic heterocycles. The Hall–Kier alpha value is -2.37. The van der Waals surface area contributed by atoms with Gasteiger partial charge in [-0.15, -0.1) is 5.54 Å². The van der Waals surface area contributed by atoms with Crippen LogP contribution in [0.5, 0.6) is 0 Å². The van der Waals surface area contributed by atoms with E-state index in [0.717, 1.165) is 16.9 Å². The molecule has 0 fully saturated rings. The highest BCUT2D eigenvalue weighted by Gasteiger charge is 2.41. The summed E-state index contributed by atoms with van der Waals surface area (Å²) >= 11 is 1.50. The van der Waals surface area contributed by atoms with Gasteiger partial charge < -0.3 is 9.88 Å². The maximum absolute atomic E-state index is 4.72. The maximum Gasteiger partial charge on any atom is 0.208 e. The fourth-order valence-electron chi connectivity index (χ4n) is 4.47. The summed E-state index contributed by atoms with van der Waals surface area (Å²) < 4.78 is 1.92. The van der Waals surface area contributed by atoms with E-state index in [1.807, 2.05) is 36.3 Å². The number of fused-ring (bicyclic) bond motifs is 1. The minimum absolute atomic E-state index is 0.567. The molecule has 164 valence electrons. The van der Waals surface area contributed by atoms with Crippen LogP contribution in [0.3, 0.4) is 0 Å². The standard InChI is InChI=1S/C23H32N6SSi/c1-15(2)31(16(3)4,17(5)6)12-9-18-13-20(27-22-24-10-11-29(22)7)26-21-19(18)14-25-23(28-21)30-8/h10-11,13-17H,1-8H3,(H,24,25,26,27,28). The topological polar surface area (TPSA) is 68.5 Å². The SMILES string of the molecule is CSc1ncc2c(C#C[Si](C(C)C)(C(C)C)C(C)C)cc(Nc3nccn3C)nc2n1. The predicted molar refractivity (Wildman–Crippen MR) is 134 cm³/mol. The first-order valence-electron chi connectivity index (χ1n) is 10.7. The van der Waals surface area contributed by atoms with Crippen molar-refractivity contribution in [3.8, 4) is 11.5 Å². The molecule has 0 aliphatic carbocycles. The number of pyridine rings is 1. The van der Waals surface area contributed by atoms with Crippen LogP contribution in [0.4, 0.5) is 11.8 Å². The molecule has 0 saturated carbocycles. The molecule has 0 aliphatic rings. The number of aryl methyl sites for hydroxylation is 1. The van der Waals surface area contributed by atoms with Crippen LogP contribution in [0.2, 0.25) is 16.6 Å². The van der Waals surface area contributed by atoms with Crippen molar-refractivity contribution in [2.45, 2.75) is 63.3 Å². The fourth-order valence-corrected chi connectivity index (χ4v) is 10.0. The number of nitrogens with zero attached hydrogens (tertiary/aromatic N) is 5. The zero-order valence-corrected chi connectivity index (χ0v) is 21.5. The van der Waals surface area contributed by atoms with Gasteiger partial charge in [0.2, 0.25) is 5.95 Å². The quantitative estimate of drug-likeness (QED) is 0.221. The summed E-state index contributed by atoms with van der Waals surface area (Å²) in [5, 5.41) is 4.89. The Labute approximate surface area is 190 Å². The lowest BCUT2D eigenvalue weighted by atomic mass is 10.2. The average molecular weight is 453 g/mol. The molecule has 0 amide bonds. The highest BCUT2D eigenvalue weighted by Crippen LogP contribution is 2.41. The van der Waals surface area contributed by atoms with Crippen LogP contribution in [0.15, 0.2) is 29.8 Å². The maximum atomic E-state index is 4.72. The van der Waals surface area contributed by atoms with E-state index in [9.17, 15) is 0 Å². The first kappa shape index (κ1) is 23.3. The summed E-state index contributed by atoms with van der Waals surface area (Å²) in [7, 11) is 0.0749. The van der Waals surface area contributed by atoms with Crippen molar-refractivity contribution in [2.75, 3.05) is 11.6 Å². The van der Waals surface area contributed by atoms with Gasteiger partial charge in [-0.1, -0.05) is 59.2 Å². The lowest BCUT2D eigenvalue weighted by molar-refractivity contribution is 0.838. The van der Waals surface area contributed by atoms with Crippen LogP contribution < -0.4 is 5.32 Å². The Morgan fingerprint density at radius 2 is 1.71 bits per heavy atom. The number of aromatic nitrogens is 5. The van der Waals surface area contributed by atoms with E-state index in [2.05, 4.69) is 73.3 Å². The van der Waals surface area contributed by atoms with E-state index in [4.69, 9.17) is 4.98 Å². The Morgan fingerprint density at radius 1 is 1.03 bits per heavy atom. The van der Waals surface area contributed by atoms with Crippen LogP contribution in [0.1, 0.15) is 47.1 Å². The Morgan fingerprint density at radius 3 is 2.26 bits per heavy atom. The van der Waals surface area contributed by atoms with Gasteiger partial charge in [-0.05, 0) is 28.9 Å². The molecule has 0 spiro atoms. The van der Waals surface area contributed by atoms with Gasteiger partial charge in [0.25, 0.3) is 0 Å². The number of imidazole rings is 1. The molecule has 31 heavy (non-hydrogen) atoms. The third-order valence-electron chi connectivity index (χ3n) is 6.07. The lowest BCUT2D eigenvalue weighted by Crippen LogP contribution is -2.43. The molecule has 1 N–H and O–H groups in total. The normalized spacial score (nSPS) is 12.0. The molecule has 0 unspecified atom stereocenters. The van der Waals surface area contributed by atoms with Crippen molar-refractivity contribution >= 4 is 42.6 Å². The molecule has 0 radical (unpaired) electrons. The van der Waals surface area contributed by atoms with E-state index >= 15 is 0 Å². The van der Waals surface area contributed by atoms with Crippen molar-refractivity contribution < 1.29 is 0 Å². The summed E-state index contributed by atoms with van der Waals surface area (Å²) in [5.41, 5.74) is 7.08. The Kier molecular flexibility index (Phi) is 7.07. The molecule has 0 bridgehead atoms. The first-order chi connectivity index (χ1) is 14.7. The van der Waals surface area contributed by atoms with Gasteiger partial charge in [-0.2, -0.15) is 0 Å². The lowest BCUT2D eigenvalue weighted by Gasteiger charge is -2.38. The Balaban J connectivity index is 2.19. The van der Waals surface area contributed by atoms with Crippen molar-refractivity contribution in [1.29, 1.82) is 0 Å². The van der Waals surface area contributed by atoms with E-state index < -0.39 is 8.07 Å². The van der Waals surface area contributed by atoms with Gasteiger partial charge in [0, 0.05) is 31.2 Å². The number of hydrogen-bond donors (Lipinski definition) is 1. The van der Waals surface area contributed by atoms with Gasteiger partial charge in [0.05, 0.1) is 5.39 Å². The molecule has 3 aromatic rings. The van der Waals surface area contributed by atoms with Crippen molar-refractivity contribution in [3.05, 3.63) is 30.2 Å². The summed E-state index contributed by atoms with van der Waals surface area (Å²) in [6.07, 6.45) is 7.46. The number of thioether (sulfide) groups is 1. The zero-order valence-electron chi connectivity index (χ0n) is 19.7. The Bertz CT molecular complexity index is 1100. The number of anilines is 2. The summed E-state index contributed by atoms with van der Waals surface area (Å²) in [4.78, 5) is 18.2. The van der Waals surface area contributed by atoms with E-state index in [1.165, 1.54) is 11.8 Å². The predicted octanol–water partition coefficient (Wildman–Crippen LogP) is 5.79. The minimum Gasteiger partial charge on any atom is -0.320 e. The third kappa shape index (κ3) is 4.63. The highest BCUT2D eigenvalue weighted by atomic mass is 32.2. The number of rotatable bonds is 6. The van der Waals surface area contributed by atoms with Crippen LogP contribution in [0, 0.1) is 11.5 Å². The molecule has 0 saturated heterocycles. The van der Waals surface area contributed by atoms with Gasteiger partial charge in [-0.3, -0.25) is 0 Å². The van der Waals surface area contributed by atoms with Crippen molar-refractivity contribution in [2.24, 2.45) is 7.05 Å². The number of nitrogens with one attached hydrogen (secondary N) is 1. The van der Waals surface area contributed by atoms with E-state index in [0.29, 0.717) is 33.2 Å². The van der Waals surface area contributed by atoms with Gasteiger partial charge >= 0.3 is 0 Å². The third-order valence-corrected chi connectivity index (χ3v) is 12.9. The second-order valence-corrected chi connectivity index (χ2v) is 15.1. The largest absolute Gasteiger partial charge is 0.320 e. The fraction of sp³-hybridized carbons (Fsp3) is 0.478. The van der Waals surface area contributed by atoms with Gasteiger partial charge in [0.15, 0.2) is 10.8 Å². The molecule has 0 aliphatic heterocycles. The minimum atomic E-state index is -1.87. The molecular weight excluding hydrogens is 420 g/mol. The van der Waals surface area contributed by atoms with Gasteiger partial charge in [0.1, 0.15) is 13.9 Å². The van der Waals surface area contributed by atoms with Crippen LogP contribution in [-0.2, 0) is 7.05 Å². The van der Waals surface area contributed by atoms with Crippen LogP contribution in [-0.4, -0.2) is 38.8 Å². The molecule has 0 atom stereocenters. The van der Waals surface area contributed by atoms with Crippen molar-refractivity contribution in [1.82, 2.24) is 24.5 Å². The summed E-state index contributed by atoms with van der Waals surface area (Å²) in [6.45, 7) is 14.0. The summed E-state index contributed by atoms with van der Waals surface area (Å²) in [6, 6.07) is 1.99. The molecular formula is C23H32N6SSi. The highest BCUT2D eigenvalue weighted by molar-refractivity contribution is 7.98. The summed E-state index contributed by atoms with van der Waals surface area (Å²) in [5.74, 6) is 4.97. The molecule has 6 nitrogen and oxygen atoms in total. The molecule has 0 aromatic carbocycles. The first-order valence-corrected chi connectivity index (χ1v) is 14.1. The molecule has 3 rings (SSSR count). The number of hydrogen-bond acceptors (Lipinski definition) is 6. The zero-order chi connectivity index (χ0) is 22.8. The van der Waals surface area contributed by atoms with Crippen LogP contribution in [0.25, 0.3) is 11.0 Å². The molecule has 3 heterocycles. The van der Waals surface area contributed by atoms with Crippen LogP contribution >= 0.6 is 11.8 Å². The average Bonchev–Trinajstić information content (AvgIpc) is 3.11. The second kappa shape index (κ2) is 9.41. The smallest absolute Gasteiger partial charge is 0.208 e. The van der Waals surface area contributed by atoms with Crippen molar-refractivity contribution in [3.63, 3.8) is 0 Å². The van der Waals surface area contributed by atoms with Gasteiger partial charge in [-0.25, -0.2) is 19.9 Å². The molecule has 8 heteroatoms. The van der Waals surface area contributed by atoms with E-state index in [1.54, 1.807) is 6.20 Å². The van der Waals surface area contributed by atoms with E-state index in [-0.39, 0.29) is 0 Å². The second-order valence-electron chi connectivity index (χ2n) is 8.78. The monoisotopic (exact) mass is 452 g/mol.